The Morgan fingerprint density at radius 1 is 1.14 bits per heavy atom. The fourth-order valence-electron chi connectivity index (χ4n) is 3.74. The van der Waals surface area contributed by atoms with Crippen LogP contribution in [-0.2, 0) is 6.54 Å². The van der Waals surface area contributed by atoms with E-state index in [9.17, 15) is 4.79 Å². The van der Waals surface area contributed by atoms with Gasteiger partial charge in [-0.2, -0.15) is 5.10 Å². The number of carbonyl (C=O) groups excluding carboxylic acids is 1. The number of amides is 1. The van der Waals surface area contributed by atoms with E-state index < -0.39 is 0 Å². The predicted octanol–water partition coefficient (Wildman–Crippen LogP) is 3.89. The van der Waals surface area contributed by atoms with Crippen LogP contribution in [0.15, 0.2) is 66.9 Å². The zero-order chi connectivity index (χ0) is 19.3. The van der Waals surface area contributed by atoms with Gasteiger partial charge in [0.1, 0.15) is 5.69 Å². The number of halogens is 1. The molecule has 2 unspecified atom stereocenters. The maximum atomic E-state index is 13.1. The quantitative estimate of drug-likeness (QED) is 0.670. The van der Waals surface area contributed by atoms with E-state index in [0.29, 0.717) is 12.1 Å². The normalized spacial score (nSPS) is 18.7. The van der Waals surface area contributed by atoms with Crippen molar-refractivity contribution in [2.75, 3.05) is 6.54 Å². The molecule has 5 nitrogen and oxygen atoms in total. The van der Waals surface area contributed by atoms with E-state index in [-0.39, 0.29) is 30.4 Å². The fraction of sp³-hybridized carbons (Fsp3) is 0.304. The van der Waals surface area contributed by atoms with E-state index in [2.05, 4.69) is 29.7 Å². The minimum absolute atomic E-state index is 0. The zero-order valence-corrected chi connectivity index (χ0v) is 17.4. The van der Waals surface area contributed by atoms with E-state index in [1.54, 1.807) is 0 Å². The summed E-state index contributed by atoms with van der Waals surface area (Å²) < 4.78 is 1.86. The molecule has 1 aromatic heterocycles. The molecule has 1 aliphatic heterocycles. The van der Waals surface area contributed by atoms with Gasteiger partial charge in [-0.15, -0.1) is 12.4 Å². The van der Waals surface area contributed by atoms with Crippen molar-refractivity contribution < 1.29 is 4.79 Å². The van der Waals surface area contributed by atoms with Crippen LogP contribution in [0.5, 0.6) is 0 Å². The molecule has 1 amide bonds. The molecule has 1 saturated heterocycles. The van der Waals surface area contributed by atoms with Crippen LogP contribution in [0.3, 0.4) is 0 Å². The average molecular weight is 411 g/mol. The topological polar surface area (TPSA) is 58.9 Å². The van der Waals surface area contributed by atoms with Gasteiger partial charge in [-0.25, -0.2) is 0 Å². The van der Waals surface area contributed by atoms with Crippen LogP contribution in [-0.4, -0.2) is 34.3 Å². The number of nitrogens with one attached hydrogen (secondary N) is 2. The van der Waals surface area contributed by atoms with Crippen LogP contribution in [0, 0.1) is 0 Å². The van der Waals surface area contributed by atoms with Crippen LogP contribution in [0.4, 0.5) is 0 Å². The SMILES string of the molecule is CC1NCCCC1NC(=O)c1cn(Cc2ccccc2)nc1-c1ccccc1.Cl. The van der Waals surface area contributed by atoms with Crippen molar-refractivity contribution in [3.05, 3.63) is 78.0 Å². The first-order valence-corrected chi connectivity index (χ1v) is 9.92. The summed E-state index contributed by atoms with van der Waals surface area (Å²) in [5, 5.41) is 11.4. The molecule has 0 spiro atoms. The van der Waals surface area contributed by atoms with Gasteiger partial charge in [0.25, 0.3) is 5.91 Å². The highest BCUT2D eigenvalue weighted by atomic mass is 35.5. The number of carbonyl (C=O) groups is 1. The molecule has 3 aromatic rings. The smallest absolute Gasteiger partial charge is 0.255 e. The second-order valence-electron chi connectivity index (χ2n) is 7.41. The summed E-state index contributed by atoms with van der Waals surface area (Å²) in [5.41, 5.74) is 3.46. The number of aromatic nitrogens is 2. The molecule has 152 valence electrons. The summed E-state index contributed by atoms with van der Waals surface area (Å²) in [6.07, 6.45) is 3.94. The number of hydrogen-bond acceptors (Lipinski definition) is 3. The van der Waals surface area contributed by atoms with Crippen LogP contribution >= 0.6 is 12.4 Å². The van der Waals surface area contributed by atoms with Gasteiger partial charge in [0, 0.05) is 23.8 Å². The summed E-state index contributed by atoms with van der Waals surface area (Å²) in [7, 11) is 0. The van der Waals surface area contributed by atoms with Crippen LogP contribution in [0.2, 0.25) is 0 Å². The third-order valence-electron chi connectivity index (χ3n) is 5.32. The number of piperidine rings is 1. The molecular formula is C23H27ClN4O. The maximum Gasteiger partial charge on any atom is 0.255 e. The van der Waals surface area contributed by atoms with E-state index in [4.69, 9.17) is 5.10 Å². The largest absolute Gasteiger partial charge is 0.348 e. The van der Waals surface area contributed by atoms with E-state index in [1.807, 2.05) is 59.4 Å². The van der Waals surface area contributed by atoms with Crippen LogP contribution in [0.25, 0.3) is 11.3 Å². The third kappa shape index (κ3) is 5.05. The Bertz CT molecular complexity index is 927. The van der Waals surface area contributed by atoms with Crippen molar-refractivity contribution in [3.8, 4) is 11.3 Å². The number of nitrogens with zero attached hydrogens (tertiary/aromatic N) is 2. The molecule has 2 N–H and O–H groups in total. The molecular weight excluding hydrogens is 384 g/mol. The molecule has 2 atom stereocenters. The van der Waals surface area contributed by atoms with E-state index in [1.165, 1.54) is 0 Å². The highest BCUT2D eigenvalue weighted by molar-refractivity contribution is 6.00. The molecule has 0 saturated carbocycles. The monoisotopic (exact) mass is 410 g/mol. The Morgan fingerprint density at radius 3 is 2.52 bits per heavy atom. The van der Waals surface area contributed by atoms with Crippen molar-refractivity contribution >= 4 is 18.3 Å². The maximum absolute atomic E-state index is 13.1. The lowest BCUT2D eigenvalue weighted by molar-refractivity contribution is 0.0920. The molecule has 2 aromatic carbocycles. The summed E-state index contributed by atoms with van der Waals surface area (Å²) in [6.45, 7) is 3.77. The van der Waals surface area contributed by atoms with Gasteiger partial charge in [-0.1, -0.05) is 60.7 Å². The minimum Gasteiger partial charge on any atom is -0.348 e. The molecule has 6 heteroatoms. The van der Waals surface area contributed by atoms with Gasteiger partial charge < -0.3 is 10.6 Å². The average Bonchev–Trinajstić information content (AvgIpc) is 3.15. The minimum atomic E-state index is -0.0567. The van der Waals surface area contributed by atoms with Crippen molar-refractivity contribution in [3.63, 3.8) is 0 Å². The lowest BCUT2D eigenvalue weighted by Crippen LogP contribution is -2.51. The first-order chi connectivity index (χ1) is 13.7. The Labute approximate surface area is 177 Å². The lowest BCUT2D eigenvalue weighted by Gasteiger charge is -2.30. The number of rotatable bonds is 5. The second kappa shape index (κ2) is 9.72. The summed E-state index contributed by atoms with van der Waals surface area (Å²) >= 11 is 0. The second-order valence-corrected chi connectivity index (χ2v) is 7.41. The molecule has 1 fully saturated rings. The number of benzene rings is 2. The van der Waals surface area contributed by atoms with E-state index in [0.717, 1.165) is 36.2 Å². The van der Waals surface area contributed by atoms with Crippen molar-refractivity contribution in [2.45, 2.75) is 38.4 Å². The Balaban J connectivity index is 0.00000240. The Kier molecular flexibility index (Phi) is 7.07. The van der Waals surface area contributed by atoms with E-state index >= 15 is 0 Å². The first-order valence-electron chi connectivity index (χ1n) is 9.92. The van der Waals surface area contributed by atoms with Crippen LogP contribution < -0.4 is 10.6 Å². The molecule has 4 rings (SSSR count). The Hall–Kier alpha value is -2.63. The summed E-state index contributed by atoms with van der Waals surface area (Å²) in [6, 6.07) is 20.5. The van der Waals surface area contributed by atoms with Gasteiger partial charge in [0.05, 0.1) is 12.1 Å². The van der Waals surface area contributed by atoms with Crippen molar-refractivity contribution in [1.82, 2.24) is 20.4 Å². The van der Waals surface area contributed by atoms with Crippen molar-refractivity contribution in [2.24, 2.45) is 0 Å². The molecule has 2 heterocycles. The Morgan fingerprint density at radius 2 is 1.83 bits per heavy atom. The van der Waals surface area contributed by atoms with Crippen molar-refractivity contribution in [1.29, 1.82) is 0 Å². The first kappa shape index (κ1) is 21.1. The molecule has 29 heavy (non-hydrogen) atoms. The standard InChI is InChI=1S/C23H26N4O.ClH/c1-17-21(13-8-14-24-17)25-23(28)20-16-27(15-18-9-4-2-5-10-18)26-22(20)19-11-6-3-7-12-19;/h2-7,9-12,16-17,21,24H,8,13-15H2,1H3,(H,25,28);1H. The predicted molar refractivity (Wildman–Crippen MR) is 118 cm³/mol. The van der Waals surface area contributed by atoms with Gasteiger partial charge in [0.2, 0.25) is 0 Å². The van der Waals surface area contributed by atoms with Gasteiger partial charge in [0.15, 0.2) is 0 Å². The van der Waals surface area contributed by atoms with Gasteiger partial charge >= 0.3 is 0 Å². The molecule has 0 aliphatic carbocycles. The molecule has 0 radical (unpaired) electrons. The lowest BCUT2D eigenvalue weighted by atomic mass is 9.99. The number of hydrogen-bond donors (Lipinski definition) is 2. The highest BCUT2D eigenvalue weighted by Gasteiger charge is 2.25. The highest BCUT2D eigenvalue weighted by Crippen LogP contribution is 2.23. The zero-order valence-electron chi connectivity index (χ0n) is 16.5. The third-order valence-corrected chi connectivity index (χ3v) is 5.32. The fourth-order valence-corrected chi connectivity index (χ4v) is 3.74. The summed E-state index contributed by atoms with van der Waals surface area (Å²) in [5.74, 6) is -0.0567. The van der Waals surface area contributed by atoms with Crippen LogP contribution in [0.1, 0.15) is 35.7 Å². The van der Waals surface area contributed by atoms with Gasteiger partial charge in [-0.05, 0) is 31.9 Å². The molecule has 1 aliphatic rings. The summed E-state index contributed by atoms with van der Waals surface area (Å²) in [4.78, 5) is 13.1. The molecule has 0 bridgehead atoms. The van der Waals surface area contributed by atoms with Gasteiger partial charge in [-0.3, -0.25) is 9.48 Å².